The van der Waals surface area contributed by atoms with Gasteiger partial charge in [-0.15, -0.1) is 11.3 Å². The summed E-state index contributed by atoms with van der Waals surface area (Å²) in [6.07, 6.45) is 4.12. The van der Waals surface area contributed by atoms with Crippen LogP contribution in [0.3, 0.4) is 0 Å². The molecule has 0 saturated carbocycles. The molecule has 0 radical (unpaired) electrons. The standard InChI is InChI=1S/C14H22N4O2S/c1-11-14(21-10-16-11)3-4-20-9-13(19)7-15-5-12-6-17-18(2)8-12/h6,8,10,13,15,19H,3-5,7,9H2,1-2H3. The number of aliphatic hydroxyl groups is 1. The van der Waals surface area contributed by atoms with Crippen LogP contribution in [-0.4, -0.2) is 45.7 Å². The first-order valence-corrected chi connectivity index (χ1v) is 7.86. The van der Waals surface area contributed by atoms with Gasteiger partial charge in [0.1, 0.15) is 0 Å². The van der Waals surface area contributed by atoms with Crippen LogP contribution in [0.1, 0.15) is 16.1 Å². The average Bonchev–Trinajstić information content (AvgIpc) is 3.04. The Kier molecular flexibility index (Phi) is 6.31. The summed E-state index contributed by atoms with van der Waals surface area (Å²) in [4.78, 5) is 5.45. The van der Waals surface area contributed by atoms with Crippen LogP contribution in [-0.2, 0) is 24.8 Å². The Morgan fingerprint density at radius 3 is 3.05 bits per heavy atom. The Hall–Kier alpha value is -1.28. The molecule has 0 amide bonds. The van der Waals surface area contributed by atoms with E-state index < -0.39 is 6.10 Å². The van der Waals surface area contributed by atoms with Gasteiger partial charge in [-0.1, -0.05) is 0 Å². The molecule has 2 N–H and O–H groups in total. The molecule has 0 aliphatic heterocycles. The van der Waals surface area contributed by atoms with E-state index in [1.165, 1.54) is 4.88 Å². The van der Waals surface area contributed by atoms with Gasteiger partial charge < -0.3 is 15.2 Å². The molecule has 0 saturated heterocycles. The van der Waals surface area contributed by atoms with Gasteiger partial charge in [0.2, 0.25) is 0 Å². The minimum Gasteiger partial charge on any atom is -0.389 e. The second-order valence-corrected chi connectivity index (χ2v) is 5.93. The molecule has 116 valence electrons. The third-order valence-corrected chi connectivity index (χ3v) is 4.09. The quantitative estimate of drug-likeness (QED) is 0.673. The second kappa shape index (κ2) is 8.23. The maximum absolute atomic E-state index is 9.83. The number of hydrogen-bond acceptors (Lipinski definition) is 6. The van der Waals surface area contributed by atoms with E-state index in [1.54, 1.807) is 16.0 Å². The molecule has 2 aromatic rings. The molecule has 21 heavy (non-hydrogen) atoms. The lowest BCUT2D eigenvalue weighted by Gasteiger charge is -2.11. The van der Waals surface area contributed by atoms with Crippen LogP contribution in [0.4, 0.5) is 0 Å². The van der Waals surface area contributed by atoms with E-state index in [-0.39, 0.29) is 0 Å². The lowest BCUT2D eigenvalue weighted by molar-refractivity contribution is 0.0383. The Morgan fingerprint density at radius 2 is 2.38 bits per heavy atom. The fraction of sp³-hybridized carbons (Fsp3) is 0.571. The van der Waals surface area contributed by atoms with Crippen LogP contribution in [0.15, 0.2) is 17.9 Å². The van der Waals surface area contributed by atoms with Gasteiger partial charge in [0.15, 0.2) is 0 Å². The normalized spacial score (nSPS) is 12.7. The number of thiazole rings is 1. The van der Waals surface area contributed by atoms with Gasteiger partial charge in [0.05, 0.1) is 36.7 Å². The van der Waals surface area contributed by atoms with Crippen LogP contribution in [0.2, 0.25) is 0 Å². The number of aromatic nitrogens is 3. The minimum atomic E-state index is -0.496. The summed E-state index contributed by atoms with van der Waals surface area (Å²) in [7, 11) is 1.89. The van der Waals surface area contributed by atoms with Crippen molar-refractivity contribution in [2.24, 2.45) is 7.05 Å². The van der Waals surface area contributed by atoms with Gasteiger partial charge in [-0.2, -0.15) is 5.10 Å². The van der Waals surface area contributed by atoms with Gasteiger partial charge in [-0.3, -0.25) is 4.68 Å². The molecule has 0 aromatic carbocycles. The number of aliphatic hydroxyl groups excluding tert-OH is 1. The van der Waals surface area contributed by atoms with Crippen LogP contribution in [0.5, 0.6) is 0 Å². The van der Waals surface area contributed by atoms with Crippen molar-refractivity contribution in [2.75, 3.05) is 19.8 Å². The highest BCUT2D eigenvalue weighted by Crippen LogP contribution is 2.12. The summed E-state index contributed by atoms with van der Waals surface area (Å²) in [5, 5.41) is 17.1. The third kappa shape index (κ3) is 5.55. The number of hydrogen-bond donors (Lipinski definition) is 2. The molecule has 7 heteroatoms. The molecule has 1 atom stereocenters. The van der Waals surface area contributed by atoms with E-state index in [4.69, 9.17) is 4.74 Å². The highest BCUT2D eigenvalue weighted by atomic mass is 32.1. The smallest absolute Gasteiger partial charge is 0.0897 e. The van der Waals surface area contributed by atoms with Crippen molar-refractivity contribution in [1.82, 2.24) is 20.1 Å². The molecule has 0 fully saturated rings. The lowest BCUT2D eigenvalue weighted by Crippen LogP contribution is -2.30. The van der Waals surface area contributed by atoms with E-state index in [9.17, 15) is 5.11 Å². The first kappa shape index (κ1) is 16.1. The van der Waals surface area contributed by atoms with E-state index in [0.717, 1.165) is 17.7 Å². The van der Waals surface area contributed by atoms with Crippen molar-refractivity contribution in [2.45, 2.75) is 26.0 Å². The van der Waals surface area contributed by atoms with Crippen LogP contribution < -0.4 is 5.32 Å². The predicted molar refractivity (Wildman–Crippen MR) is 82.3 cm³/mol. The van der Waals surface area contributed by atoms with Crippen LogP contribution in [0, 0.1) is 6.92 Å². The van der Waals surface area contributed by atoms with E-state index >= 15 is 0 Å². The molecule has 0 spiro atoms. The van der Waals surface area contributed by atoms with Crippen molar-refractivity contribution in [3.8, 4) is 0 Å². The maximum Gasteiger partial charge on any atom is 0.0897 e. The Morgan fingerprint density at radius 1 is 1.52 bits per heavy atom. The van der Waals surface area contributed by atoms with Crippen molar-refractivity contribution < 1.29 is 9.84 Å². The minimum absolute atomic E-state index is 0.345. The SMILES string of the molecule is Cc1ncsc1CCOCC(O)CNCc1cnn(C)c1. The second-order valence-electron chi connectivity index (χ2n) is 4.99. The monoisotopic (exact) mass is 310 g/mol. The summed E-state index contributed by atoms with van der Waals surface area (Å²) >= 11 is 1.65. The average molecular weight is 310 g/mol. The van der Waals surface area contributed by atoms with E-state index in [2.05, 4.69) is 15.4 Å². The predicted octanol–water partition coefficient (Wildman–Crippen LogP) is 0.895. The Bertz CT molecular complexity index is 541. The van der Waals surface area contributed by atoms with E-state index in [1.807, 2.05) is 31.9 Å². The highest BCUT2D eigenvalue weighted by molar-refractivity contribution is 7.09. The van der Waals surface area contributed by atoms with Crippen molar-refractivity contribution >= 4 is 11.3 Å². The zero-order chi connectivity index (χ0) is 15.1. The molecule has 0 aliphatic rings. The fourth-order valence-electron chi connectivity index (χ4n) is 1.96. The van der Waals surface area contributed by atoms with Crippen LogP contribution in [0.25, 0.3) is 0 Å². The number of rotatable bonds is 9. The molecule has 2 rings (SSSR count). The largest absolute Gasteiger partial charge is 0.389 e. The van der Waals surface area contributed by atoms with Crippen molar-refractivity contribution in [1.29, 1.82) is 0 Å². The summed E-state index contributed by atoms with van der Waals surface area (Å²) in [5.41, 5.74) is 4.02. The number of ether oxygens (including phenoxy) is 1. The Balaban J connectivity index is 1.53. The van der Waals surface area contributed by atoms with Crippen LogP contribution >= 0.6 is 11.3 Å². The lowest BCUT2D eigenvalue weighted by atomic mass is 10.3. The summed E-state index contributed by atoms with van der Waals surface area (Å²) in [6, 6.07) is 0. The number of nitrogens with zero attached hydrogens (tertiary/aromatic N) is 3. The molecule has 2 aromatic heterocycles. The molecular weight excluding hydrogens is 288 g/mol. The number of aryl methyl sites for hydroxylation is 2. The topological polar surface area (TPSA) is 72.2 Å². The van der Waals surface area contributed by atoms with Gasteiger partial charge in [0, 0.05) is 43.2 Å². The first-order valence-electron chi connectivity index (χ1n) is 6.98. The maximum atomic E-state index is 9.83. The first-order chi connectivity index (χ1) is 10.1. The summed E-state index contributed by atoms with van der Waals surface area (Å²) < 4.78 is 7.26. The van der Waals surface area contributed by atoms with E-state index in [0.29, 0.717) is 26.3 Å². The van der Waals surface area contributed by atoms with Crippen molar-refractivity contribution in [3.63, 3.8) is 0 Å². The zero-order valence-corrected chi connectivity index (χ0v) is 13.3. The Labute approximate surface area is 128 Å². The molecule has 6 nitrogen and oxygen atoms in total. The molecule has 0 bridgehead atoms. The van der Waals surface area contributed by atoms with Gasteiger partial charge in [0.25, 0.3) is 0 Å². The van der Waals surface area contributed by atoms with Gasteiger partial charge in [-0.05, 0) is 6.92 Å². The molecule has 1 unspecified atom stereocenters. The third-order valence-electron chi connectivity index (χ3n) is 3.10. The molecule has 2 heterocycles. The fourth-order valence-corrected chi connectivity index (χ4v) is 2.72. The van der Waals surface area contributed by atoms with Gasteiger partial charge >= 0.3 is 0 Å². The molecular formula is C14H22N4O2S. The summed E-state index contributed by atoms with van der Waals surface area (Å²) in [5.74, 6) is 0. The zero-order valence-electron chi connectivity index (χ0n) is 12.5. The van der Waals surface area contributed by atoms with Gasteiger partial charge in [-0.25, -0.2) is 4.98 Å². The molecule has 0 aliphatic carbocycles. The highest BCUT2D eigenvalue weighted by Gasteiger charge is 2.06. The number of nitrogens with one attached hydrogen (secondary N) is 1. The summed E-state index contributed by atoms with van der Waals surface area (Å²) in [6.45, 7) is 4.17. The van der Waals surface area contributed by atoms with Crippen molar-refractivity contribution in [3.05, 3.63) is 34.0 Å².